The Kier molecular flexibility index (Phi) is 4.47. The zero-order valence-electron chi connectivity index (χ0n) is 16.0. The summed E-state index contributed by atoms with van der Waals surface area (Å²) in [5.41, 5.74) is 3.61. The molecule has 0 radical (unpaired) electrons. The molecule has 6 nitrogen and oxygen atoms in total. The van der Waals surface area contributed by atoms with E-state index in [-0.39, 0.29) is 12.3 Å². The van der Waals surface area contributed by atoms with Crippen LogP contribution in [-0.4, -0.2) is 10.9 Å². The molecule has 0 fully saturated rings. The molecule has 3 aromatic heterocycles. The number of hydrogen-bond acceptors (Lipinski definition) is 6. The summed E-state index contributed by atoms with van der Waals surface area (Å²) in [6, 6.07) is 3.91. The standard InChI is InChI=1S/C22H20N2O4S/c1-12-13(6-7-20(25)24-22-23-8-9-29-22)21(26)28-18-11-19-16(10-15(12)18)14-4-2-3-5-17(14)27-19/h8-11H,2-7H2,1H3,(H,23,24,25). The Hall–Kier alpha value is -2.93. The predicted octanol–water partition coefficient (Wildman–Crippen LogP) is 4.75. The van der Waals surface area contributed by atoms with E-state index in [4.69, 9.17) is 8.83 Å². The Balaban J connectivity index is 1.49. The number of nitrogens with one attached hydrogen (secondary N) is 1. The first kappa shape index (κ1) is 18.1. The van der Waals surface area contributed by atoms with Gasteiger partial charge in [0.05, 0.1) is 0 Å². The molecule has 7 heteroatoms. The molecule has 1 aromatic carbocycles. The minimum absolute atomic E-state index is 0.168. The van der Waals surface area contributed by atoms with Crippen molar-refractivity contribution < 1.29 is 13.6 Å². The molecule has 1 N–H and O–H groups in total. The number of fused-ring (bicyclic) bond motifs is 4. The van der Waals surface area contributed by atoms with E-state index >= 15 is 0 Å². The van der Waals surface area contributed by atoms with Crippen LogP contribution in [0.1, 0.15) is 41.7 Å². The Labute approximate surface area is 170 Å². The fourth-order valence-corrected chi connectivity index (χ4v) is 4.68. The van der Waals surface area contributed by atoms with Crippen molar-refractivity contribution >= 4 is 44.3 Å². The first-order valence-corrected chi connectivity index (χ1v) is 10.7. The molecule has 0 spiro atoms. The molecule has 0 bridgehead atoms. The van der Waals surface area contributed by atoms with Crippen molar-refractivity contribution in [2.75, 3.05) is 5.32 Å². The van der Waals surface area contributed by atoms with Gasteiger partial charge < -0.3 is 14.2 Å². The number of hydrogen-bond donors (Lipinski definition) is 1. The Morgan fingerprint density at radius 1 is 1.17 bits per heavy atom. The number of furan rings is 1. The smallest absolute Gasteiger partial charge is 0.339 e. The summed E-state index contributed by atoms with van der Waals surface area (Å²) in [7, 11) is 0. The van der Waals surface area contributed by atoms with Crippen LogP contribution < -0.4 is 10.9 Å². The van der Waals surface area contributed by atoms with Crippen LogP contribution in [0.3, 0.4) is 0 Å². The maximum Gasteiger partial charge on any atom is 0.339 e. The van der Waals surface area contributed by atoms with Gasteiger partial charge in [0.25, 0.3) is 0 Å². The molecule has 3 heterocycles. The normalized spacial score (nSPS) is 13.7. The molecule has 29 heavy (non-hydrogen) atoms. The number of amides is 1. The average molecular weight is 408 g/mol. The number of aromatic nitrogens is 1. The van der Waals surface area contributed by atoms with E-state index in [0.29, 0.717) is 22.7 Å². The molecule has 1 aliphatic carbocycles. The van der Waals surface area contributed by atoms with Gasteiger partial charge in [-0.1, -0.05) is 0 Å². The van der Waals surface area contributed by atoms with Crippen molar-refractivity contribution in [1.82, 2.24) is 4.98 Å². The summed E-state index contributed by atoms with van der Waals surface area (Å²) in [5.74, 6) is 0.888. The Morgan fingerprint density at radius 2 is 2.00 bits per heavy atom. The highest BCUT2D eigenvalue weighted by molar-refractivity contribution is 7.13. The fraction of sp³-hybridized carbons (Fsp3) is 0.318. The van der Waals surface area contributed by atoms with Crippen LogP contribution in [0.15, 0.2) is 37.3 Å². The summed E-state index contributed by atoms with van der Waals surface area (Å²) in [4.78, 5) is 28.8. The molecule has 0 atom stereocenters. The van der Waals surface area contributed by atoms with E-state index in [9.17, 15) is 9.59 Å². The van der Waals surface area contributed by atoms with Gasteiger partial charge in [0, 0.05) is 52.4 Å². The maximum atomic E-state index is 12.6. The highest BCUT2D eigenvalue weighted by atomic mass is 32.1. The molecular weight excluding hydrogens is 388 g/mol. The topological polar surface area (TPSA) is 85.3 Å². The lowest BCUT2D eigenvalue weighted by atomic mass is 9.94. The van der Waals surface area contributed by atoms with Gasteiger partial charge in [-0.3, -0.25) is 4.79 Å². The number of benzene rings is 1. The molecule has 0 saturated carbocycles. The molecule has 0 saturated heterocycles. The molecule has 4 aromatic rings. The Morgan fingerprint density at radius 3 is 2.83 bits per heavy atom. The third-order valence-corrected chi connectivity index (χ3v) is 6.33. The monoisotopic (exact) mass is 408 g/mol. The lowest BCUT2D eigenvalue weighted by Gasteiger charge is -2.09. The van der Waals surface area contributed by atoms with E-state index in [1.54, 1.807) is 11.6 Å². The van der Waals surface area contributed by atoms with Gasteiger partial charge >= 0.3 is 5.63 Å². The number of anilines is 1. The number of rotatable bonds is 4. The predicted molar refractivity (Wildman–Crippen MR) is 113 cm³/mol. The van der Waals surface area contributed by atoms with Crippen LogP contribution in [0, 0.1) is 6.92 Å². The van der Waals surface area contributed by atoms with E-state index in [1.807, 2.05) is 13.0 Å². The lowest BCUT2D eigenvalue weighted by Crippen LogP contribution is -2.16. The second kappa shape index (κ2) is 7.15. The number of carbonyl (C=O) groups is 1. The lowest BCUT2D eigenvalue weighted by molar-refractivity contribution is -0.116. The first-order chi connectivity index (χ1) is 14.1. The van der Waals surface area contributed by atoms with Crippen LogP contribution in [0.4, 0.5) is 5.13 Å². The van der Waals surface area contributed by atoms with Gasteiger partial charge in [0.15, 0.2) is 5.13 Å². The van der Waals surface area contributed by atoms with Crippen LogP contribution >= 0.6 is 11.3 Å². The Bertz CT molecular complexity index is 1280. The number of carbonyl (C=O) groups excluding carboxylic acids is 1. The molecule has 148 valence electrons. The van der Waals surface area contributed by atoms with Crippen LogP contribution in [0.5, 0.6) is 0 Å². The fourth-order valence-electron chi connectivity index (χ4n) is 4.14. The maximum absolute atomic E-state index is 12.6. The minimum atomic E-state index is -0.396. The van der Waals surface area contributed by atoms with E-state index < -0.39 is 5.63 Å². The minimum Gasteiger partial charge on any atom is -0.461 e. The first-order valence-electron chi connectivity index (χ1n) is 9.80. The number of nitrogens with zero attached hydrogens (tertiary/aromatic N) is 1. The van der Waals surface area contributed by atoms with Gasteiger partial charge in [-0.15, -0.1) is 11.3 Å². The third kappa shape index (κ3) is 3.25. The van der Waals surface area contributed by atoms with Gasteiger partial charge in [0.2, 0.25) is 5.91 Å². The van der Waals surface area contributed by atoms with E-state index in [0.717, 1.165) is 46.9 Å². The number of thiazole rings is 1. The summed E-state index contributed by atoms with van der Waals surface area (Å²) in [6.07, 6.45) is 6.45. The molecule has 1 amide bonds. The summed E-state index contributed by atoms with van der Waals surface area (Å²) >= 11 is 1.36. The van der Waals surface area contributed by atoms with Gasteiger partial charge in [0.1, 0.15) is 16.9 Å². The summed E-state index contributed by atoms with van der Waals surface area (Å²) in [6.45, 7) is 1.92. The van der Waals surface area contributed by atoms with Crippen molar-refractivity contribution in [3.8, 4) is 0 Å². The second-order valence-electron chi connectivity index (χ2n) is 7.43. The summed E-state index contributed by atoms with van der Waals surface area (Å²) < 4.78 is 11.6. The molecule has 1 aliphatic rings. The third-order valence-electron chi connectivity index (χ3n) is 5.64. The molecule has 0 aliphatic heterocycles. The second-order valence-corrected chi connectivity index (χ2v) is 8.33. The summed E-state index contributed by atoms with van der Waals surface area (Å²) in [5, 5.41) is 7.12. The largest absolute Gasteiger partial charge is 0.461 e. The molecule has 5 rings (SSSR count). The van der Waals surface area contributed by atoms with E-state index in [2.05, 4.69) is 16.4 Å². The van der Waals surface area contributed by atoms with Gasteiger partial charge in [-0.2, -0.15) is 0 Å². The van der Waals surface area contributed by atoms with Crippen LogP contribution in [0.2, 0.25) is 0 Å². The quantitative estimate of drug-likeness (QED) is 0.492. The van der Waals surface area contributed by atoms with Crippen LogP contribution in [0.25, 0.3) is 21.9 Å². The SMILES string of the molecule is Cc1c(CCC(=O)Nc2nccs2)c(=O)oc2cc3oc4c(c3cc12)CCCC4. The van der Waals surface area contributed by atoms with Crippen molar-refractivity contribution in [3.05, 3.63) is 56.6 Å². The van der Waals surface area contributed by atoms with Crippen molar-refractivity contribution in [3.63, 3.8) is 0 Å². The number of aryl methyl sites for hydroxylation is 3. The van der Waals surface area contributed by atoms with Crippen molar-refractivity contribution in [2.24, 2.45) is 0 Å². The highest BCUT2D eigenvalue weighted by Crippen LogP contribution is 2.35. The molecule has 0 unspecified atom stereocenters. The van der Waals surface area contributed by atoms with Crippen molar-refractivity contribution in [2.45, 2.75) is 45.4 Å². The van der Waals surface area contributed by atoms with Gasteiger partial charge in [-0.05, 0) is 44.2 Å². The van der Waals surface area contributed by atoms with Crippen LogP contribution in [-0.2, 0) is 24.1 Å². The van der Waals surface area contributed by atoms with E-state index in [1.165, 1.54) is 23.3 Å². The highest BCUT2D eigenvalue weighted by Gasteiger charge is 2.20. The zero-order valence-corrected chi connectivity index (χ0v) is 16.9. The molecular formula is C22H20N2O4S. The average Bonchev–Trinajstić information content (AvgIpc) is 3.33. The van der Waals surface area contributed by atoms with Crippen molar-refractivity contribution in [1.29, 1.82) is 0 Å². The van der Waals surface area contributed by atoms with Gasteiger partial charge in [-0.25, -0.2) is 9.78 Å². The zero-order chi connectivity index (χ0) is 20.0.